The van der Waals surface area contributed by atoms with E-state index in [1.807, 2.05) is 24.6 Å². The Morgan fingerprint density at radius 1 is 1.29 bits per heavy atom. The second kappa shape index (κ2) is 6.90. The lowest BCUT2D eigenvalue weighted by molar-refractivity contribution is 0.0952. The summed E-state index contributed by atoms with van der Waals surface area (Å²) in [5.74, 6) is 5.21. The zero-order valence-corrected chi connectivity index (χ0v) is 12.4. The van der Waals surface area contributed by atoms with E-state index in [0.717, 1.165) is 30.0 Å². The number of hydrogen-bond acceptors (Lipinski definition) is 4. The van der Waals surface area contributed by atoms with Crippen LogP contribution in [-0.4, -0.2) is 22.2 Å². The van der Waals surface area contributed by atoms with Crippen LogP contribution >= 0.6 is 0 Å². The highest BCUT2D eigenvalue weighted by atomic mass is 16.1. The Labute approximate surface area is 124 Å². The van der Waals surface area contributed by atoms with Crippen LogP contribution in [0.4, 0.5) is 5.69 Å². The van der Waals surface area contributed by atoms with E-state index in [-0.39, 0.29) is 5.91 Å². The number of nitrogens with zero attached hydrogens (tertiary/aromatic N) is 2. The maximum absolute atomic E-state index is 11.9. The summed E-state index contributed by atoms with van der Waals surface area (Å²) in [4.78, 5) is 11.9. The van der Waals surface area contributed by atoms with Gasteiger partial charge < -0.3 is 10.7 Å². The van der Waals surface area contributed by atoms with Crippen LogP contribution in [0.5, 0.6) is 0 Å². The fraction of sp³-hybridized carbons (Fsp3) is 0.333. The minimum Gasteiger partial charge on any atom is -0.352 e. The number of hydrogen-bond donors (Lipinski definition) is 3. The van der Waals surface area contributed by atoms with Crippen LogP contribution in [0.25, 0.3) is 0 Å². The van der Waals surface area contributed by atoms with Gasteiger partial charge in [0.15, 0.2) is 0 Å². The molecule has 6 nitrogen and oxygen atoms in total. The summed E-state index contributed by atoms with van der Waals surface area (Å²) < 4.78 is 1.96. The molecule has 21 heavy (non-hydrogen) atoms. The summed E-state index contributed by atoms with van der Waals surface area (Å²) in [5, 5.41) is 7.29. The lowest BCUT2D eigenvalue weighted by Gasteiger charge is -2.07. The number of anilines is 1. The Hall–Kier alpha value is -2.34. The van der Waals surface area contributed by atoms with E-state index in [2.05, 4.69) is 15.8 Å². The number of hydrazine groups is 1. The fourth-order valence-corrected chi connectivity index (χ4v) is 2.15. The minimum atomic E-state index is -0.0769. The standard InChI is InChI=1S/C15H21N5O/c1-11-10-12(2)20(19-11)9-3-8-17-15(21)13-4-6-14(18-16)7-5-13/h4-7,10,18H,3,8-9,16H2,1-2H3,(H,17,21). The summed E-state index contributed by atoms with van der Waals surface area (Å²) in [6, 6.07) is 9.07. The largest absolute Gasteiger partial charge is 0.352 e. The molecule has 2 aromatic rings. The predicted molar refractivity (Wildman–Crippen MR) is 82.9 cm³/mol. The number of aryl methyl sites for hydroxylation is 3. The Bertz CT molecular complexity index is 603. The Morgan fingerprint density at radius 3 is 2.57 bits per heavy atom. The van der Waals surface area contributed by atoms with Gasteiger partial charge >= 0.3 is 0 Å². The molecule has 0 bridgehead atoms. The van der Waals surface area contributed by atoms with Gasteiger partial charge in [-0.25, -0.2) is 0 Å². The summed E-state index contributed by atoms with van der Waals surface area (Å²) in [6.45, 7) is 5.43. The highest BCUT2D eigenvalue weighted by Crippen LogP contribution is 2.08. The number of benzene rings is 1. The van der Waals surface area contributed by atoms with Crippen LogP contribution in [0.3, 0.4) is 0 Å². The average molecular weight is 287 g/mol. The Kier molecular flexibility index (Phi) is 4.94. The molecule has 1 aromatic carbocycles. The molecule has 1 amide bonds. The lowest BCUT2D eigenvalue weighted by atomic mass is 10.2. The topological polar surface area (TPSA) is 85.0 Å². The molecular weight excluding hydrogens is 266 g/mol. The van der Waals surface area contributed by atoms with Crippen molar-refractivity contribution in [2.24, 2.45) is 5.84 Å². The minimum absolute atomic E-state index is 0.0769. The van der Waals surface area contributed by atoms with E-state index < -0.39 is 0 Å². The first-order valence-electron chi connectivity index (χ1n) is 6.96. The number of carbonyl (C=O) groups excluding carboxylic acids is 1. The van der Waals surface area contributed by atoms with Gasteiger partial charge in [0.05, 0.1) is 5.69 Å². The highest BCUT2D eigenvalue weighted by Gasteiger charge is 2.05. The zero-order valence-electron chi connectivity index (χ0n) is 12.4. The summed E-state index contributed by atoms with van der Waals surface area (Å²) >= 11 is 0. The summed E-state index contributed by atoms with van der Waals surface area (Å²) in [6.07, 6.45) is 0.843. The molecule has 0 aliphatic heterocycles. The molecule has 0 unspecified atom stereocenters. The average Bonchev–Trinajstić information content (AvgIpc) is 2.81. The number of amides is 1. The molecule has 0 fully saturated rings. The summed E-state index contributed by atoms with van der Waals surface area (Å²) in [7, 11) is 0. The molecule has 0 atom stereocenters. The van der Waals surface area contributed by atoms with E-state index in [1.165, 1.54) is 0 Å². The first-order valence-corrected chi connectivity index (χ1v) is 6.96. The van der Waals surface area contributed by atoms with Gasteiger partial charge in [-0.3, -0.25) is 15.3 Å². The maximum Gasteiger partial charge on any atom is 0.251 e. The molecule has 112 valence electrons. The molecule has 0 saturated carbocycles. The number of nitrogens with two attached hydrogens (primary N) is 1. The van der Waals surface area contributed by atoms with Crippen LogP contribution in [0.1, 0.15) is 28.2 Å². The van der Waals surface area contributed by atoms with Crippen molar-refractivity contribution in [2.45, 2.75) is 26.8 Å². The third-order valence-corrected chi connectivity index (χ3v) is 3.25. The predicted octanol–water partition coefficient (Wildman–Crippen LogP) is 1.61. The second-order valence-corrected chi connectivity index (χ2v) is 4.98. The molecule has 0 saturated heterocycles. The third kappa shape index (κ3) is 4.06. The van der Waals surface area contributed by atoms with Gasteiger partial charge in [-0.1, -0.05) is 0 Å². The normalized spacial score (nSPS) is 10.4. The molecule has 0 aliphatic rings. The van der Waals surface area contributed by atoms with Gasteiger partial charge in [-0.15, -0.1) is 0 Å². The van der Waals surface area contributed by atoms with Crippen molar-refractivity contribution in [3.63, 3.8) is 0 Å². The monoisotopic (exact) mass is 287 g/mol. The van der Waals surface area contributed by atoms with Gasteiger partial charge in [-0.2, -0.15) is 5.10 Å². The smallest absolute Gasteiger partial charge is 0.251 e. The number of rotatable bonds is 6. The Morgan fingerprint density at radius 2 is 2.00 bits per heavy atom. The molecule has 1 aromatic heterocycles. The Balaban J connectivity index is 1.77. The van der Waals surface area contributed by atoms with Gasteiger partial charge in [0.1, 0.15) is 0 Å². The van der Waals surface area contributed by atoms with Crippen molar-refractivity contribution >= 4 is 11.6 Å². The van der Waals surface area contributed by atoms with Crippen molar-refractivity contribution in [1.29, 1.82) is 0 Å². The quantitative estimate of drug-likeness (QED) is 0.428. The number of aromatic nitrogens is 2. The van der Waals surface area contributed by atoms with Crippen LogP contribution in [0, 0.1) is 13.8 Å². The van der Waals surface area contributed by atoms with Gasteiger partial charge in [0.2, 0.25) is 0 Å². The van der Waals surface area contributed by atoms with E-state index >= 15 is 0 Å². The molecule has 1 heterocycles. The SMILES string of the molecule is Cc1cc(C)n(CCCNC(=O)c2ccc(NN)cc2)n1. The third-order valence-electron chi connectivity index (χ3n) is 3.25. The van der Waals surface area contributed by atoms with Crippen LogP contribution in [0.2, 0.25) is 0 Å². The van der Waals surface area contributed by atoms with Crippen LogP contribution < -0.4 is 16.6 Å². The number of carbonyl (C=O) groups is 1. The first kappa shape index (κ1) is 15.1. The van der Waals surface area contributed by atoms with Crippen molar-refractivity contribution in [3.8, 4) is 0 Å². The molecule has 2 rings (SSSR count). The fourth-order valence-electron chi connectivity index (χ4n) is 2.15. The van der Waals surface area contributed by atoms with Gasteiger partial charge in [0, 0.05) is 30.0 Å². The second-order valence-electron chi connectivity index (χ2n) is 4.98. The van der Waals surface area contributed by atoms with Crippen LogP contribution in [-0.2, 0) is 6.54 Å². The van der Waals surface area contributed by atoms with Crippen molar-refractivity contribution in [3.05, 3.63) is 47.3 Å². The zero-order chi connectivity index (χ0) is 15.2. The lowest BCUT2D eigenvalue weighted by Crippen LogP contribution is -2.25. The highest BCUT2D eigenvalue weighted by molar-refractivity contribution is 5.94. The molecule has 0 radical (unpaired) electrons. The van der Waals surface area contributed by atoms with Crippen molar-refractivity contribution < 1.29 is 4.79 Å². The number of nitrogen functional groups attached to an aromatic ring is 1. The van der Waals surface area contributed by atoms with E-state index in [1.54, 1.807) is 24.3 Å². The van der Waals surface area contributed by atoms with E-state index in [4.69, 9.17) is 5.84 Å². The molecule has 4 N–H and O–H groups in total. The molecule has 0 aliphatic carbocycles. The van der Waals surface area contributed by atoms with Crippen molar-refractivity contribution in [2.75, 3.05) is 12.0 Å². The van der Waals surface area contributed by atoms with Crippen LogP contribution in [0.15, 0.2) is 30.3 Å². The molecule has 6 heteroatoms. The maximum atomic E-state index is 11.9. The first-order chi connectivity index (χ1) is 10.1. The summed E-state index contributed by atoms with van der Waals surface area (Å²) in [5.41, 5.74) is 6.09. The molecule has 0 spiro atoms. The van der Waals surface area contributed by atoms with E-state index in [0.29, 0.717) is 12.1 Å². The van der Waals surface area contributed by atoms with Gasteiger partial charge in [-0.05, 0) is 50.6 Å². The number of nitrogens with one attached hydrogen (secondary N) is 2. The van der Waals surface area contributed by atoms with Crippen molar-refractivity contribution in [1.82, 2.24) is 15.1 Å². The molecular formula is C15H21N5O. The van der Waals surface area contributed by atoms with Gasteiger partial charge in [0.25, 0.3) is 5.91 Å². The van der Waals surface area contributed by atoms with E-state index in [9.17, 15) is 4.79 Å².